The van der Waals surface area contributed by atoms with Crippen LogP contribution in [0.25, 0.3) is 0 Å². The second kappa shape index (κ2) is 10.4. The van der Waals surface area contributed by atoms with Crippen LogP contribution in [-0.2, 0) is 13.1 Å². The average Bonchev–Trinajstić information content (AvgIpc) is 2.87. The molecule has 0 saturated heterocycles. The molecule has 0 aliphatic heterocycles. The molecule has 1 heterocycles. The normalized spacial score (nSPS) is 11.2. The smallest absolute Gasteiger partial charge is 0.191 e. The maximum Gasteiger partial charge on any atom is 0.191 e. The standard InChI is InChI=1S/C18H26FN5.HI/c1-13-10-16(6-7-17(13)19)12-22-18(20-4)21-8-5-9-24-15(3)11-14(2)23-24;/h6-7,10-11H,5,8-9,12H2,1-4H3,(H2,20,21,22);1H. The Labute approximate surface area is 166 Å². The van der Waals surface area contributed by atoms with Crippen LogP contribution >= 0.6 is 24.0 Å². The fourth-order valence-corrected chi connectivity index (χ4v) is 2.56. The molecule has 0 spiro atoms. The lowest BCUT2D eigenvalue weighted by atomic mass is 10.1. The van der Waals surface area contributed by atoms with E-state index in [0.29, 0.717) is 12.1 Å². The average molecular weight is 459 g/mol. The Morgan fingerprint density at radius 2 is 1.96 bits per heavy atom. The minimum Gasteiger partial charge on any atom is -0.356 e. The molecule has 2 rings (SSSR count). The summed E-state index contributed by atoms with van der Waals surface area (Å²) in [6, 6.07) is 7.21. The maximum atomic E-state index is 13.3. The third-order valence-corrected chi connectivity index (χ3v) is 3.85. The third-order valence-electron chi connectivity index (χ3n) is 3.85. The van der Waals surface area contributed by atoms with Crippen LogP contribution in [0.1, 0.15) is 28.9 Å². The van der Waals surface area contributed by atoms with Crippen molar-refractivity contribution in [2.45, 2.75) is 40.3 Å². The first-order chi connectivity index (χ1) is 11.5. The lowest BCUT2D eigenvalue weighted by Crippen LogP contribution is -2.37. The minimum atomic E-state index is -0.176. The zero-order chi connectivity index (χ0) is 17.5. The Balaban J connectivity index is 0.00000312. The Bertz CT molecular complexity index is 711. The van der Waals surface area contributed by atoms with Crippen LogP contribution in [0.2, 0.25) is 0 Å². The van der Waals surface area contributed by atoms with Crippen LogP contribution in [-0.4, -0.2) is 29.3 Å². The topological polar surface area (TPSA) is 54.2 Å². The number of nitrogens with one attached hydrogen (secondary N) is 2. The summed E-state index contributed by atoms with van der Waals surface area (Å²) >= 11 is 0. The van der Waals surface area contributed by atoms with Gasteiger partial charge >= 0.3 is 0 Å². The summed E-state index contributed by atoms with van der Waals surface area (Å²) in [7, 11) is 1.74. The number of benzene rings is 1. The van der Waals surface area contributed by atoms with E-state index in [4.69, 9.17) is 0 Å². The Hall–Kier alpha value is -1.64. The molecule has 25 heavy (non-hydrogen) atoms. The number of aliphatic imine (C=N–C) groups is 1. The second-order valence-corrected chi connectivity index (χ2v) is 5.94. The summed E-state index contributed by atoms with van der Waals surface area (Å²) in [6.07, 6.45) is 0.957. The van der Waals surface area contributed by atoms with Crippen molar-refractivity contribution in [3.8, 4) is 0 Å². The number of rotatable bonds is 6. The fraction of sp³-hybridized carbons (Fsp3) is 0.444. The molecule has 0 fully saturated rings. The van der Waals surface area contributed by atoms with Crippen molar-refractivity contribution in [1.29, 1.82) is 0 Å². The predicted molar refractivity (Wildman–Crippen MR) is 111 cm³/mol. The van der Waals surface area contributed by atoms with E-state index in [1.54, 1.807) is 20.0 Å². The largest absolute Gasteiger partial charge is 0.356 e. The van der Waals surface area contributed by atoms with Gasteiger partial charge in [0.25, 0.3) is 0 Å². The number of guanidine groups is 1. The van der Waals surface area contributed by atoms with Gasteiger partial charge in [0.05, 0.1) is 5.69 Å². The van der Waals surface area contributed by atoms with Crippen molar-refractivity contribution >= 4 is 29.9 Å². The van der Waals surface area contributed by atoms with E-state index in [-0.39, 0.29) is 29.8 Å². The number of nitrogens with zero attached hydrogens (tertiary/aromatic N) is 3. The molecular formula is C18H27FIN5. The van der Waals surface area contributed by atoms with E-state index >= 15 is 0 Å². The van der Waals surface area contributed by atoms with Crippen LogP contribution in [0.15, 0.2) is 29.3 Å². The maximum absolute atomic E-state index is 13.3. The van der Waals surface area contributed by atoms with E-state index < -0.39 is 0 Å². The number of hydrogen-bond acceptors (Lipinski definition) is 2. The first-order valence-electron chi connectivity index (χ1n) is 8.20. The van der Waals surface area contributed by atoms with Crippen molar-refractivity contribution in [3.63, 3.8) is 0 Å². The monoisotopic (exact) mass is 459 g/mol. The minimum absolute atomic E-state index is 0. The van der Waals surface area contributed by atoms with E-state index in [2.05, 4.69) is 33.7 Å². The van der Waals surface area contributed by atoms with Gasteiger partial charge in [-0.3, -0.25) is 9.67 Å². The van der Waals surface area contributed by atoms with Crippen molar-refractivity contribution in [2.75, 3.05) is 13.6 Å². The molecule has 138 valence electrons. The SMILES string of the molecule is CN=C(NCCCn1nc(C)cc1C)NCc1ccc(F)c(C)c1.I. The summed E-state index contributed by atoms with van der Waals surface area (Å²) in [5, 5.41) is 11.0. The van der Waals surface area contributed by atoms with E-state index in [1.165, 1.54) is 11.8 Å². The second-order valence-electron chi connectivity index (χ2n) is 5.94. The molecule has 0 bridgehead atoms. The quantitative estimate of drug-likeness (QED) is 0.302. The summed E-state index contributed by atoms with van der Waals surface area (Å²) in [6.45, 7) is 8.13. The summed E-state index contributed by atoms with van der Waals surface area (Å²) in [5.41, 5.74) is 3.91. The molecule has 0 amide bonds. The Morgan fingerprint density at radius 1 is 1.20 bits per heavy atom. The van der Waals surface area contributed by atoms with Gasteiger partial charge in [0.1, 0.15) is 5.82 Å². The van der Waals surface area contributed by atoms with Gasteiger partial charge < -0.3 is 10.6 Å². The van der Waals surface area contributed by atoms with Crippen LogP contribution in [0, 0.1) is 26.6 Å². The molecule has 0 aliphatic carbocycles. The lowest BCUT2D eigenvalue weighted by molar-refractivity contribution is 0.555. The van der Waals surface area contributed by atoms with Crippen LogP contribution in [0.4, 0.5) is 4.39 Å². The lowest BCUT2D eigenvalue weighted by Gasteiger charge is -2.12. The van der Waals surface area contributed by atoms with Crippen molar-refractivity contribution < 1.29 is 4.39 Å². The summed E-state index contributed by atoms with van der Waals surface area (Å²) < 4.78 is 15.3. The van der Waals surface area contributed by atoms with Gasteiger partial charge in [0, 0.05) is 32.4 Å². The zero-order valence-corrected chi connectivity index (χ0v) is 17.6. The number of aromatic nitrogens is 2. The van der Waals surface area contributed by atoms with Gasteiger partial charge in [-0.15, -0.1) is 24.0 Å². The van der Waals surface area contributed by atoms with Gasteiger partial charge in [0.2, 0.25) is 0 Å². The molecule has 2 aromatic rings. The molecule has 7 heteroatoms. The van der Waals surface area contributed by atoms with Crippen molar-refractivity contribution in [2.24, 2.45) is 4.99 Å². The number of hydrogen-bond donors (Lipinski definition) is 2. The van der Waals surface area contributed by atoms with Crippen LogP contribution in [0.3, 0.4) is 0 Å². The molecule has 2 N–H and O–H groups in total. The summed E-state index contributed by atoms with van der Waals surface area (Å²) in [5.74, 6) is 0.566. The van der Waals surface area contributed by atoms with Crippen molar-refractivity contribution in [1.82, 2.24) is 20.4 Å². The molecule has 0 unspecified atom stereocenters. The van der Waals surface area contributed by atoms with Gasteiger partial charge in [-0.1, -0.05) is 12.1 Å². The molecular weight excluding hydrogens is 432 g/mol. The molecule has 5 nitrogen and oxygen atoms in total. The Kier molecular flexibility index (Phi) is 8.88. The highest BCUT2D eigenvalue weighted by molar-refractivity contribution is 14.0. The fourth-order valence-electron chi connectivity index (χ4n) is 2.56. The molecule has 0 radical (unpaired) electrons. The zero-order valence-electron chi connectivity index (χ0n) is 15.3. The van der Waals surface area contributed by atoms with Gasteiger partial charge in [-0.2, -0.15) is 5.10 Å². The number of aryl methyl sites for hydroxylation is 4. The van der Waals surface area contributed by atoms with Crippen molar-refractivity contribution in [3.05, 3.63) is 52.6 Å². The Morgan fingerprint density at radius 3 is 2.56 bits per heavy atom. The van der Waals surface area contributed by atoms with Gasteiger partial charge in [-0.05, 0) is 50.5 Å². The highest BCUT2D eigenvalue weighted by Crippen LogP contribution is 2.08. The molecule has 1 aromatic carbocycles. The first kappa shape index (κ1) is 21.4. The third kappa shape index (κ3) is 6.64. The van der Waals surface area contributed by atoms with Gasteiger partial charge in [-0.25, -0.2) is 4.39 Å². The molecule has 0 aliphatic rings. The molecule has 0 atom stereocenters. The molecule has 0 saturated carbocycles. The van der Waals surface area contributed by atoms with Gasteiger partial charge in [0.15, 0.2) is 5.96 Å². The van der Waals surface area contributed by atoms with Crippen LogP contribution in [0.5, 0.6) is 0 Å². The van der Waals surface area contributed by atoms with E-state index in [0.717, 1.165) is 36.7 Å². The molecule has 1 aromatic heterocycles. The van der Waals surface area contributed by atoms with Crippen LogP contribution < -0.4 is 10.6 Å². The highest BCUT2D eigenvalue weighted by Gasteiger charge is 2.03. The summed E-state index contributed by atoms with van der Waals surface area (Å²) in [4.78, 5) is 4.21. The van der Waals surface area contributed by atoms with E-state index in [1.807, 2.05) is 17.7 Å². The first-order valence-corrected chi connectivity index (χ1v) is 8.20. The van der Waals surface area contributed by atoms with E-state index in [9.17, 15) is 4.39 Å². The highest BCUT2D eigenvalue weighted by atomic mass is 127. The number of halogens is 2. The predicted octanol–water partition coefficient (Wildman–Crippen LogP) is 3.32.